The first kappa shape index (κ1) is 20.4. The van der Waals surface area contributed by atoms with Crippen molar-refractivity contribution in [1.82, 2.24) is 5.32 Å². The number of ether oxygens (including phenoxy) is 4. The summed E-state index contributed by atoms with van der Waals surface area (Å²) in [7, 11) is 6.34. The van der Waals surface area contributed by atoms with E-state index in [1.54, 1.807) is 46.6 Å². The van der Waals surface area contributed by atoms with Gasteiger partial charge in [0.1, 0.15) is 11.5 Å². The molecular formula is C20H26N2O5. The van der Waals surface area contributed by atoms with Crippen LogP contribution in [0, 0.1) is 0 Å². The molecule has 0 fully saturated rings. The highest BCUT2D eigenvalue weighted by Gasteiger charge is 2.09. The Hall–Kier alpha value is -2.93. The number of rotatable bonds is 10. The third kappa shape index (κ3) is 5.79. The van der Waals surface area contributed by atoms with Gasteiger partial charge in [-0.2, -0.15) is 0 Å². The van der Waals surface area contributed by atoms with Crippen molar-refractivity contribution in [2.24, 2.45) is 0 Å². The molecule has 27 heavy (non-hydrogen) atoms. The van der Waals surface area contributed by atoms with E-state index in [1.165, 1.54) is 0 Å². The second kappa shape index (κ2) is 10.3. The number of methoxy groups -OCH3 is 4. The number of nitrogens with one attached hydrogen (secondary N) is 2. The van der Waals surface area contributed by atoms with Crippen LogP contribution < -0.4 is 29.6 Å². The molecule has 0 unspecified atom stereocenters. The fourth-order valence-corrected chi connectivity index (χ4v) is 2.55. The summed E-state index contributed by atoms with van der Waals surface area (Å²) in [6.45, 7) is 1.16. The average Bonchev–Trinajstić information content (AvgIpc) is 2.70. The van der Waals surface area contributed by atoms with E-state index in [-0.39, 0.29) is 5.91 Å². The molecule has 7 nitrogen and oxygen atoms in total. The average molecular weight is 374 g/mol. The van der Waals surface area contributed by atoms with Gasteiger partial charge in [-0.15, -0.1) is 0 Å². The molecular weight excluding hydrogens is 348 g/mol. The molecule has 0 heterocycles. The van der Waals surface area contributed by atoms with Gasteiger partial charge in [-0.25, -0.2) is 0 Å². The van der Waals surface area contributed by atoms with E-state index >= 15 is 0 Å². The quantitative estimate of drug-likeness (QED) is 0.623. The van der Waals surface area contributed by atoms with Gasteiger partial charge >= 0.3 is 0 Å². The predicted octanol–water partition coefficient (Wildman–Crippen LogP) is 2.84. The number of benzene rings is 2. The predicted molar refractivity (Wildman–Crippen MR) is 104 cm³/mol. The Morgan fingerprint density at radius 2 is 1.56 bits per heavy atom. The van der Waals surface area contributed by atoms with Crippen molar-refractivity contribution < 1.29 is 23.7 Å². The molecule has 0 aliphatic carbocycles. The first-order valence-electron chi connectivity index (χ1n) is 8.54. The first-order chi connectivity index (χ1) is 13.1. The second-order valence-electron chi connectivity index (χ2n) is 5.73. The third-order valence-electron chi connectivity index (χ3n) is 3.99. The molecule has 0 aliphatic heterocycles. The van der Waals surface area contributed by atoms with Gasteiger partial charge in [-0.3, -0.25) is 4.79 Å². The number of hydrogen-bond acceptors (Lipinski definition) is 6. The summed E-state index contributed by atoms with van der Waals surface area (Å²) >= 11 is 0. The normalized spacial score (nSPS) is 10.2. The summed E-state index contributed by atoms with van der Waals surface area (Å²) in [6.07, 6.45) is 0.327. The molecule has 2 N–H and O–H groups in total. The van der Waals surface area contributed by atoms with Gasteiger partial charge in [0.25, 0.3) is 0 Å². The second-order valence-corrected chi connectivity index (χ2v) is 5.73. The van der Waals surface area contributed by atoms with Crippen molar-refractivity contribution in [2.75, 3.05) is 40.3 Å². The van der Waals surface area contributed by atoms with Crippen LogP contribution in [0.5, 0.6) is 23.0 Å². The standard InChI is InChI=1S/C20H26N2O5/c1-24-15-6-8-17(25-2)16(12-15)22-20(23)9-10-21-13-14-5-7-18(26-3)19(11-14)27-4/h5-8,11-12,21H,9-10,13H2,1-4H3,(H,22,23). The fraction of sp³-hybridized carbons (Fsp3) is 0.350. The molecule has 0 saturated carbocycles. The van der Waals surface area contributed by atoms with Gasteiger partial charge in [0.2, 0.25) is 5.91 Å². The van der Waals surface area contributed by atoms with E-state index in [9.17, 15) is 4.79 Å². The molecule has 0 aromatic heterocycles. The minimum absolute atomic E-state index is 0.110. The minimum Gasteiger partial charge on any atom is -0.497 e. The largest absolute Gasteiger partial charge is 0.497 e. The number of amides is 1. The van der Waals surface area contributed by atoms with Crippen LogP contribution in [0.2, 0.25) is 0 Å². The Labute approximate surface area is 159 Å². The number of hydrogen-bond donors (Lipinski definition) is 2. The van der Waals surface area contributed by atoms with Gasteiger partial charge in [0.05, 0.1) is 34.1 Å². The number of carbonyl (C=O) groups excluding carboxylic acids is 1. The van der Waals surface area contributed by atoms with Crippen LogP contribution in [0.4, 0.5) is 5.69 Å². The fourth-order valence-electron chi connectivity index (χ4n) is 2.55. The van der Waals surface area contributed by atoms with Crippen molar-refractivity contribution in [1.29, 1.82) is 0 Å². The van der Waals surface area contributed by atoms with E-state index in [0.29, 0.717) is 48.2 Å². The number of anilines is 1. The van der Waals surface area contributed by atoms with Crippen molar-refractivity contribution in [3.63, 3.8) is 0 Å². The van der Waals surface area contributed by atoms with E-state index in [4.69, 9.17) is 18.9 Å². The molecule has 7 heteroatoms. The maximum absolute atomic E-state index is 12.2. The van der Waals surface area contributed by atoms with Crippen LogP contribution in [0.3, 0.4) is 0 Å². The molecule has 146 valence electrons. The Morgan fingerprint density at radius 3 is 2.22 bits per heavy atom. The van der Waals surface area contributed by atoms with Gasteiger partial charge in [0.15, 0.2) is 11.5 Å². The van der Waals surface area contributed by atoms with Crippen molar-refractivity contribution in [2.45, 2.75) is 13.0 Å². The van der Waals surface area contributed by atoms with Gasteiger partial charge < -0.3 is 29.6 Å². The first-order valence-corrected chi connectivity index (χ1v) is 8.54. The summed E-state index contributed by atoms with van der Waals surface area (Å²) in [5, 5.41) is 6.09. The van der Waals surface area contributed by atoms with Crippen LogP contribution in [0.15, 0.2) is 36.4 Å². The molecule has 0 spiro atoms. The molecule has 2 aromatic rings. The molecule has 0 atom stereocenters. The number of carbonyl (C=O) groups is 1. The van der Waals surface area contributed by atoms with Crippen LogP contribution in [0.1, 0.15) is 12.0 Å². The Balaban J connectivity index is 1.83. The van der Waals surface area contributed by atoms with Crippen LogP contribution >= 0.6 is 0 Å². The monoisotopic (exact) mass is 374 g/mol. The molecule has 2 aromatic carbocycles. The van der Waals surface area contributed by atoms with Crippen LogP contribution in [-0.4, -0.2) is 40.9 Å². The Kier molecular flexibility index (Phi) is 7.76. The SMILES string of the molecule is COc1ccc(OC)c(NC(=O)CCNCc2ccc(OC)c(OC)c2)c1. The summed E-state index contributed by atoms with van der Waals surface area (Å²) in [5.74, 6) is 2.49. The van der Waals surface area contributed by atoms with Gasteiger partial charge in [0, 0.05) is 25.6 Å². The Morgan fingerprint density at radius 1 is 0.852 bits per heavy atom. The molecule has 0 aliphatic rings. The van der Waals surface area contributed by atoms with Crippen molar-refractivity contribution >= 4 is 11.6 Å². The Bertz CT molecular complexity index is 764. The van der Waals surface area contributed by atoms with E-state index in [1.807, 2.05) is 18.2 Å². The zero-order valence-electron chi connectivity index (χ0n) is 16.1. The van der Waals surface area contributed by atoms with E-state index < -0.39 is 0 Å². The highest BCUT2D eigenvalue weighted by molar-refractivity contribution is 5.92. The van der Waals surface area contributed by atoms with Gasteiger partial charge in [-0.1, -0.05) is 6.07 Å². The molecule has 0 bridgehead atoms. The lowest BCUT2D eigenvalue weighted by Crippen LogP contribution is -2.21. The summed E-state index contributed by atoms with van der Waals surface area (Å²) < 4.78 is 21.0. The smallest absolute Gasteiger partial charge is 0.225 e. The molecule has 0 radical (unpaired) electrons. The summed E-state index contributed by atoms with van der Waals surface area (Å²) in [5.41, 5.74) is 1.63. The lowest BCUT2D eigenvalue weighted by atomic mass is 10.2. The lowest BCUT2D eigenvalue weighted by Gasteiger charge is -2.12. The summed E-state index contributed by atoms with van der Waals surface area (Å²) in [4.78, 5) is 12.2. The van der Waals surface area contributed by atoms with E-state index in [2.05, 4.69) is 10.6 Å². The zero-order chi connectivity index (χ0) is 19.6. The topological polar surface area (TPSA) is 78.1 Å². The zero-order valence-corrected chi connectivity index (χ0v) is 16.1. The molecule has 2 rings (SSSR count). The highest BCUT2D eigenvalue weighted by atomic mass is 16.5. The van der Waals surface area contributed by atoms with Crippen LogP contribution in [0.25, 0.3) is 0 Å². The highest BCUT2D eigenvalue weighted by Crippen LogP contribution is 2.29. The molecule has 0 saturated heterocycles. The summed E-state index contributed by atoms with van der Waals surface area (Å²) in [6, 6.07) is 11.0. The van der Waals surface area contributed by atoms with Gasteiger partial charge in [-0.05, 0) is 29.8 Å². The maximum Gasteiger partial charge on any atom is 0.225 e. The maximum atomic E-state index is 12.2. The minimum atomic E-state index is -0.110. The van der Waals surface area contributed by atoms with Crippen molar-refractivity contribution in [3.05, 3.63) is 42.0 Å². The van der Waals surface area contributed by atoms with Crippen molar-refractivity contribution in [3.8, 4) is 23.0 Å². The third-order valence-corrected chi connectivity index (χ3v) is 3.99. The van der Waals surface area contributed by atoms with E-state index in [0.717, 1.165) is 5.56 Å². The van der Waals surface area contributed by atoms with Crippen LogP contribution in [-0.2, 0) is 11.3 Å². The molecule has 1 amide bonds. The lowest BCUT2D eigenvalue weighted by molar-refractivity contribution is -0.116.